The highest BCUT2D eigenvalue weighted by Gasteiger charge is 2.22. The van der Waals surface area contributed by atoms with Crippen LogP contribution in [-0.4, -0.2) is 23.9 Å². The van der Waals surface area contributed by atoms with Crippen LogP contribution in [0.2, 0.25) is 0 Å². The fraction of sp³-hybridized carbons (Fsp3) is 0.538. The first-order valence-electron chi connectivity index (χ1n) is 6.31. The molecule has 5 heteroatoms. The molecule has 1 saturated carbocycles. The van der Waals surface area contributed by atoms with Crippen molar-refractivity contribution in [2.45, 2.75) is 44.7 Å². The van der Waals surface area contributed by atoms with Crippen molar-refractivity contribution in [1.29, 1.82) is 0 Å². The lowest BCUT2D eigenvalue weighted by molar-refractivity contribution is -0.123. The fourth-order valence-corrected chi connectivity index (χ4v) is 2.76. The molecule has 98 valence electrons. The van der Waals surface area contributed by atoms with Crippen molar-refractivity contribution in [2.75, 3.05) is 0 Å². The van der Waals surface area contributed by atoms with E-state index < -0.39 is 6.04 Å². The summed E-state index contributed by atoms with van der Waals surface area (Å²) in [6.45, 7) is 1.72. The summed E-state index contributed by atoms with van der Waals surface area (Å²) in [6, 6.07) is 3.38. The second-order valence-electron chi connectivity index (χ2n) is 4.66. The number of carbonyl (C=O) groups excluding carboxylic acids is 2. The smallest absolute Gasteiger partial charge is 0.261 e. The monoisotopic (exact) mass is 266 g/mol. The second kappa shape index (κ2) is 6.00. The van der Waals surface area contributed by atoms with Gasteiger partial charge in [0.05, 0.1) is 4.88 Å². The van der Waals surface area contributed by atoms with Gasteiger partial charge in [-0.3, -0.25) is 9.59 Å². The number of hydrogen-bond acceptors (Lipinski definition) is 3. The van der Waals surface area contributed by atoms with Crippen LogP contribution < -0.4 is 10.6 Å². The Hall–Kier alpha value is -1.36. The number of amides is 2. The fourth-order valence-electron chi connectivity index (χ4n) is 2.14. The van der Waals surface area contributed by atoms with E-state index in [1.807, 2.05) is 11.4 Å². The van der Waals surface area contributed by atoms with Gasteiger partial charge in [-0.25, -0.2) is 0 Å². The van der Waals surface area contributed by atoms with Gasteiger partial charge in [-0.1, -0.05) is 18.9 Å². The molecule has 2 amide bonds. The Labute approximate surface area is 111 Å². The summed E-state index contributed by atoms with van der Waals surface area (Å²) in [5.41, 5.74) is 0. The number of thiophene rings is 1. The van der Waals surface area contributed by atoms with E-state index in [0.717, 1.165) is 12.8 Å². The van der Waals surface area contributed by atoms with Crippen molar-refractivity contribution in [3.8, 4) is 0 Å². The lowest BCUT2D eigenvalue weighted by atomic mass is 10.2. The molecule has 0 bridgehead atoms. The Morgan fingerprint density at radius 2 is 2.11 bits per heavy atom. The summed E-state index contributed by atoms with van der Waals surface area (Å²) in [7, 11) is 0. The van der Waals surface area contributed by atoms with Gasteiger partial charge >= 0.3 is 0 Å². The summed E-state index contributed by atoms with van der Waals surface area (Å²) >= 11 is 1.37. The van der Waals surface area contributed by atoms with Crippen LogP contribution >= 0.6 is 11.3 Å². The van der Waals surface area contributed by atoms with Crippen LogP contribution in [0.1, 0.15) is 42.3 Å². The predicted molar refractivity (Wildman–Crippen MR) is 71.6 cm³/mol. The van der Waals surface area contributed by atoms with E-state index in [4.69, 9.17) is 0 Å². The zero-order valence-electron chi connectivity index (χ0n) is 10.4. The van der Waals surface area contributed by atoms with E-state index in [1.165, 1.54) is 24.2 Å². The van der Waals surface area contributed by atoms with Crippen LogP contribution in [0.4, 0.5) is 0 Å². The van der Waals surface area contributed by atoms with Crippen molar-refractivity contribution in [1.82, 2.24) is 10.6 Å². The molecular weight excluding hydrogens is 248 g/mol. The lowest BCUT2D eigenvalue weighted by Gasteiger charge is -2.17. The molecule has 2 rings (SSSR count). The Morgan fingerprint density at radius 3 is 2.72 bits per heavy atom. The van der Waals surface area contributed by atoms with E-state index in [-0.39, 0.29) is 11.8 Å². The van der Waals surface area contributed by atoms with E-state index in [9.17, 15) is 9.59 Å². The Morgan fingerprint density at radius 1 is 1.39 bits per heavy atom. The molecule has 18 heavy (non-hydrogen) atoms. The Kier molecular flexibility index (Phi) is 4.36. The van der Waals surface area contributed by atoms with E-state index in [0.29, 0.717) is 10.9 Å². The minimum Gasteiger partial charge on any atom is -0.352 e. The molecule has 1 aliphatic rings. The van der Waals surface area contributed by atoms with Crippen LogP contribution in [0.25, 0.3) is 0 Å². The SMILES string of the molecule is CC(NC(=O)c1cccs1)C(=O)NC1CCCC1. The molecule has 1 fully saturated rings. The number of rotatable bonds is 4. The summed E-state index contributed by atoms with van der Waals surface area (Å²) in [5.74, 6) is -0.272. The number of hydrogen-bond donors (Lipinski definition) is 2. The standard InChI is InChI=1S/C13H18N2O2S/c1-9(12(16)15-10-5-2-3-6-10)14-13(17)11-7-4-8-18-11/h4,7-10H,2-3,5-6H2,1H3,(H,14,17)(H,15,16). The van der Waals surface area contributed by atoms with Crippen LogP contribution in [0, 0.1) is 0 Å². The molecule has 1 aliphatic carbocycles. The van der Waals surface area contributed by atoms with E-state index in [1.54, 1.807) is 13.0 Å². The van der Waals surface area contributed by atoms with Gasteiger partial charge in [0.15, 0.2) is 0 Å². The first kappa shape index (κ1) is 13.1. The van der Waals surface area contributed by atoms with Crippen molar-refractivity contribution in [3.05, 3.63) is 22.4 Å². The molecule has 1 aromatic heterocycles. The molecule has 0 spiro atoms. The number of nitrogens with one attached hydrogen (secondary N) is 2. The summed E-state index contributed by atoms with van der Waals surface area (Å²) in [6.07, 6.45) is 4.47. The van der Waals surface area contributed by atoms with Gasteiger partial charge in [0.2, 0.25) is 5.91 Å². The van der Waals surface area contributed by atoms with Gasteiger partial charge in [0.25, 0.3) is 5.91 Å². The molecule has 1 atom stereocenters. The lowest BCUT2D eigenvalue weighted by Crippen LogP contribution is -2.47. The third-order valence-corrected chi connectivity index (χ3v) is 4.06. The average Bonchev–Trinajstić information content (AvgIpc) is 3.01. The molecule has 0 aliphatic heterocycles. The summed E-state index contributed by atoms with van der Waals surface area (Å²) < 4.78 is 0. The first-order chi connectivity index (χ1) is 8.66. The Balaban J connectivity index is 1.81. The van der Waals surface area contributed by atoms with Crippen LogP contribution in [0.5, 0.6) is 0 Å². The molecule has 1 unspecified atom stereocenters. The molecule has 0 radical (unpaired) electrons. The van der Waals surface area contributed by atoms with Gasteiger partial charge < -0.3 is 10.6 Å². The highest BCUT2D eigenvalue weighted by Crippen LogP contribution is 2.17. The molecule has 1 heterocycles. The molecular formula is C13H18N2O2S. The summed E-state index contributed by atoms with van der Waals surface area (Å²) in [5, 5.41) is 7.54. The second-order valence-corrected chi connectivity index (χ2v) is 5.61. The topological polar surface area (TPSA) is 58.2 Å². The normalized spacial score (nSPS) is 17.4. The Bertz CT molecular complexity index is 411. The minimum atomic E-state index is -0.486. The van der Waals surface area contributed by atoms with E-state index in [2.05, 4.69) is 10.6 Å². The van der Waals surface area contributed by atoms with Gasteiger partial charge in [0, 0.05) is 6.04 Å². The maximum absolute atomic E-state index is 11.9. The van der Waals surface area contributed by atoms with Crippen molar-refractivity contribution in [3.63, 3.8) is 0 Å². The van der Waals surface area contributed by atoms with E-state index >= 15 is 0 Å². The highest BCUT2D eigenvalue weighted by molar-refractivity contribution is 7.12. The zero-order chi connectivity index (χ0) is 13.0. The largest absolute Gasteiger partial charge is 0.352 e. The van der Waals surface area contributed by atoms with Crippen LogP contribution in [0.15, 0.2) is 17.5 Å². The number of carbonyl (C=O) groups is 2. The molecule has 1 aromatic rings. The molecule has 0 aromatic carbocycles. The maximum Gasteiger partial charge on any atom is 0.261 e. The van der Waals surface area contributed by atoms with Crippen LogP contribution in [0.3, 0.4) is 0 Å². The third-order valence-electron chi connectivity index (χ3n) is 3.19. The van der Waals surface area contributed by atoms with Crippen LogP contribution in [-0.2, 0) is 4.79 Å². The molecule has 4 nitrogen and oxygen atoms in total. The summed E-state index contributed by atoms with van der Waals surface area (Å²) in [4.78, 5) is 24.3. The minimum absolute atomic E-state index is 0.0909. The predicted octanol–water partition coefficient (Wildman–Crippen LogP) is 1.93. The first-order valence-corrected chi connectivity index (χ1v) is 7.19. The molecule has 0 saturated heterocycles. The van der Waals surface area contributed by atoms with Crippen molar-refractivity contribution < 1.29 is 9.59 Å². The molecule has 2 N–H and O–H groups in total. The quantitative estimate of drug-likeness (QED) is 0.875. The van der Waals surface area contributed by atoms with Crippen molar-refractivity contribution >= 4 is 23.2 Å². The average molecular weight is 266 g/mol. The highest BCUT2D eigenvalue weighted by atomic mass is 32.1. The van der Waals surface area contributed by atoms with Gasteiger partial charge in [0.1, 0.15) is 6.04 Å². The zero-order valence-corrected chi connectivity index (χ0v) is 11.3. The van der Waals surface area contributed by atoms with Gasteiger partial charge in [-0.05, 0) is 31.2 Å². The maximum atomic E-state index is 11.9. The van der Waals surface area contributed by atoms with Gasteiger partial charge in [-0.15, -0.1) is 11.3 Å². The van der Waals surface area contributed by atoms with Gasteiger partial charge in [-0.2, -0.15) is 0 Å². The third kappa shape index (κ3) is 3.32. The van der Waals surface area contributed by atoms with Crippen molar-refractivity contribution in [2.24, 2.45) is 0 Å².